The van der Waals surface area contributed by atoms with Crippen LogP contribution in [0.1, 0.15) is 16.8 Å². The molecule has 1 saturated heterocycles. The van der Waals surface area contributed by atoms with Gasteiger partial charge in [-0.3, -0.25) is 4.90 Å². The van der Waals surface area contributed by atoms with Gasteiger partial charge in [0.2, 0.25) is 0 Å². The molecule has 0 aliphatic carbocycles. The van der Waals surface area contributed by atoms with Crippen molar-refractivity contribution in [3.63, 3.8) is 0 Å². The van der Waals surface area contributed by atoms with Crippen LogP contribution in [0, 0.1) is 11.3 Å². The van der Waals surface area contributed by atoms with Gasteiger partial charge in [0.05, 0.1) is 47.2 Å². The summed E-state index contributed by atoms with van der Waals surface area (Å²) in [4.78, 5) is 16.0. The van der Waals surface area contributed by atoms with Crippen LogP contribution in [0.25, 0.3) is 20.8 Å². The Labute approximate surface area is 196 Å². The maximum atomic E-state index is 9.31. The van der Waals surface area contributed by atoms with Gasteiger partial charge in [-0.2, -0.15) is 10.2 Å². The Morgan fingerprint density at radius 3 is 2.76 bits per heavy atom. The quantitative estimate of drug-likeness (QED) is 0.411. The van der Waals surface area contributed by atoms with Crippen molar-refractivity contribution in [2.24, 2.45) is 0 Å². The minimum absolute atomic E-state index is 0.166. The molecular formula is C25H23N5O2S. The molecule has 1 aliphatic rings. The van der Waals surface area contributed by atoms with Gasteiger partial charge >= 0.3 is 6.01 Å². The molecule has 8 heteroatoms. The van der Waals surface area contributed by atoms with Gasteiger partial charge in [0.1, 0.15) is 11.6 Å². The molecule has 5 rings (SSSR count). The molecule has 166 valence electrons. The second-order valence-electron chi connectivity index (χ2n) is 7.83. The van der Waals surface area contributed by atoms with Gasteiger partial charge in [0, 0.05) is 25.8 Å². The smallest absolute Gasteiger partial charge is 0.316 e. The Balaban J connectivity index is 1.30. The summed E-state index contributed by atoms with van der Waals surface area (Å²) in [6.45, 7) is 4.76. The van der Waals surface area contributed by atoms with Gasteiger partial charge in [-0.05, 0) is 23.3 Å². The number of nitriles is 1. The topological polar surface area (TPSA) is 84.2 Å². The highest BCUT2D eigenvalue weighted by atomic mass is 32.1. The van der Waals surface area contributed by atoms with E-state index in [1.165, 1.54) is 5.56 Å². The molecule has 4 aromatic rings. The molecule has 7 nitrogen and oxygen atoms in total. The molecule has 0 radical (unpaired) electrons. The number of ether oxygens (including phenoxy) is 2. The van der Waals surface area contributed by atoms with Crippen LogP contribution in [0.2, 0.25) is 0 Å². The molecule has 2 aromatic heterocycles. The first-order valence-electron chi connectivity index (χ1n) is 10.9. The summed E-state index contributed by atoms with van der Waals surface area (Å²) < 4.78 is 12.4. The van der Waals surface area contributed by atoms with Crippen LogP contribution in [-0.4, -0.2) is 46.2 Å². The molecule has 0 N–H and O–H groups in total. The maximum Gasteiger partial charge on any atom is 0.316 e. The van der Waals surface area contributed by atoms with Crippen LogP contribution < -0.4 is 4.74 Å². The van der Waals surface area contributed by atoms with Crippen molar-refractivity contribution >= 4 is 21.6 Å². The highest BCUT2D eigenvalue weighted by molar-refractivity contribution is 7.21. The molecular weight excluding hydrogens is 434 g/mol. The van der Waals surface area contributed by atoms with Crippen LogP contribution in [0.5, 0.6) is 6.01 Å². The largest absolute Gasteiger partial charge is 0.459 e. The summed E-state index contributed by atoms with van der Waals surface area (Å²) in [6.07, 6.45) is 1.88. The summed E-state index contributed by atoms with van der Waals surface area (Å²) in [5.74, 6) is 0. The van der Waals surface area contributed by atoms with E-state index in [4.69, 9.17) is 9.47 Å². The first kappa shape index (κ1) is 21.5. The zero-order valence-corrected chi connectivity index (χ0v) is 18.9. The van der Waals surface area contributed by atoms with Gasteiger partial charge < -0.3 is 9.47 Å². The number of para-hydroxylation sites is 1. The maximum absolute atomic E-state index is 9.31. The lowest BCUT2D eigenvalue weighted by atomic mass is 10.1. The van der Waals surface area contributed by atoms with Crippen LogP contribution >= 0.6 is 11.3 Å². The third kappa shape index (κ3) is 5.17. The van der Waals surface area contributed by atoms with E-state index in [0.717, 1.165) is 59.2 Å². The zero-order chi connectivity index (χ0) is 22.5. The molecule has 0 amide bonds. The number of hydrogen-bond donors (Lipinski definition) is 0. The van der Waals surface area contributed by atoms with Gasteiger partial charge in [-0.15, -0.1) is 11.3 Å². The van der Waals surface area contributed by atoms with Gasteiger partial charge in [-0.25, -0.2) is 9.97 Å². The Bertz CT molecular complexity index is 1260. The summed E-state index contributed by atoms with van der Waals surface area (Å²) in [5.41, 5.74) is 4.63. The standard InChI is InChI=1S/C25H23N5O2S/c26-9-8-21-20(24-28-22-6-1-2-7-23(22)33-24)15-27-25(29-21)32-17-19-5-3-4-18(14-19)16-30-10-12-31-13-11-30/h1-7,14-15H,8,10-13,16-17H2. The number of hydrogen-bond acceptors (Lipinski definition) is 8. The molecule has 0 atom stereocenters. The number of morpholine rings is 1. The number of thiazole rings is 1. The van der Waals surface area contributed by atoms with E-state index in [1.807, 2.05) is 36.4 Å². The third-order valence-corrected chi connectivity index (χ3v) is 6.56. The van der Waals surface area contributed by atoms with Crippen LogP contribution in [0.15, 0.2) is 54.7 Å². The minimum atomic E-state index is 0.166. The fourth-order valence-corrected chi connectivity index (χ4v) is 4.82. The second kappa shape index (κ2) is 10.0. The van der Waals surface area contributed by atoms with Crippen molar-refractivity contribution in [3.8, 4) is 22.7 Å². The summed E-state index contributed by atoms with van der Waals surface area (Å²) >= 11 is 1.57. The second-order valence-corrected chi connectivity index (χ2v) is 8.86. The minimum Gasteiger partial charge on any atom is -0.459 e. The first-order chi connectivity index (χ1) is 16.3. The number of benzene rings is 2. The lowest BCUT2D eigenvalue weighted by molar-refractivity contribution is 0.0342. The molecule has 1 aliphatic heterocycles. The predicted octanol–water partition coefficient (Wildman–Crippen LogP) is 4.23. The van der Waals surface area contributed by atoms with E-state index in [2.05, 4.69) is 38.1 Å². The number of rotatable bonds is 7. The van der Waals surface area contributed by atoms with Crippen molar-refractivity contribution in [2.45, 2.75) is 19.6 Å². The molecule has 3 heterocycles. The molecule has 33 heavy (non-hydrogen) atoms. The zero-order valence-electron chi connectivity index (χ0n) is 18.1. The highest BCUT2D eigenvalue weighted by Gasteiger charge is 2.15. The Kier molecular flexibility index (Phi) is 6.53. The SMILES string of the molecule is N#CCc1nc(OCc2cccc(CN3CCOCC3)c2)ncc1-c1nc2ccccc2s1. The van der Waals surface area contributed by atoms with E-state index < -0.39 is 0 Å². The molecule has 2 aromatic carbocycles. The Morgan fingerprint density at radius 1 is 1.06 bits per heavy atom. The summed E-state index contributed by atoms with van der Waals surface area (Å²) in [6, 6.07) is 18.8. The predicted molar refractivity (Wildman–Crippen MR) is 127 cm³/mol. The van der Waals surface area contributed by atoms with Crippen molar-refractivity contribution < 1.29 is 9.47 Å². The van der Waals surface area contributed by atoms with Crippen LogP contribution in [0.4, 0.5) is 0 Å². The monoisotopic (exact) mass is 457 g/mol. The van der Waals surface area contributed by atoms with E-state index in [0.29, 0.717) is 12.3 Å². The van der Waals surface area contributed by atoms with E-state index in [1.54, 1.807) is 17.5 Å². The van der Waals surface area contributed by atoms with Crippen molar-refractivity contribution in [2.75, 3.05) is 26.3 Å². The third-order valence-electron chi connectivity index (χ3n) is 5.49. The van der Waals surface area contributed by atoms with E-state index in [9.17, 15) is 5.26 Å². The van der Waals surface area contributed by atoms with Crippen molar-refractivity contribution in [3.05, 3.63) is 71.5 Å². The van der Waals surface area contributed by atoms with E-state index in [-0.39, 0.29) is 12.4 Å². The fraction of sp³-hybridized carbons (Fsp3) is 0.280. The number of fused-ring (bicyclic) bond motifs is 1. The Hall–Kier alpha value is -3.38. The number of aromatic nitrogens is 3. The van der Waals surface area contributed by atoms with Gasteiger partial charge in [0.15, 0.2) is 0 Å². The summed E-state index contributed by atoms with van der Waals surface area (Å²) in [5, 5.41) is 10.1. The summed E-state index contributed by atoms with van der Waals surface area (Å²) in [7, 11) is 0. The van der Waals surface area contributed by atoms with Crippen LogP contribution in [0.3, 0.4) is 0 Å². The molecule has 0 saturated carbocycles. The highest BCUT2D eigenvalue weighted by Crippen LogP contribution is 2.32. The Morgan fingerprint density at radius 2 is 1.91 bits per heavy atom. The fourth-order valence-electron chi connectivity index (χ4n) is 3.83. The van der Waals surface area contributed by atoms with Gasteiger partial charge in [0.25, 0.3) is 0 Å². The van der Waals surface area contributed by atoms with Crippen molar-refractivity contribution in [1.82, 2.24) is 19.9 Å². The van der Waals surface area contributed by atoms with Crippen molar-refractivity contribution in [1.29, 1.82) is 5.26 Å². The lowest BCUT2D eigenvalue weighted by Gasteiger charge is -2.26. The molecule has 0 bridgehead atoms. The number of nitrogens with zero attached hydrogens (tertiary/aromatic N) is 5. The van der Waals surface area contributed by atoms with E-state index >= 15 is 0 Å². The molecule has 0 spiro atoms. The molecule has 1 fully saturated rings. The normalized spacial score (nSPS) is 14.3. The van der Waals surface area contributed by atoms with Gasteiger partial charge in [-0.1, -0.05) is 36.4 Å². The average molecular weight is 458 g/mol. The average Bonchev–Trinajstić information content (AvgIpc) is 3.28. The first-order valence-corrected chi connectivity index (χ1v) is 11.7. The lowest BCUT2D eigenvalue weighted by Crippen LogP contribution is -2.35. The molecule has 0 unspecified atom stereocenters. The van der Waals surface area contributed by atoms with Crippen LogP contribution in [-0.2, 0) is 24.3 Å².